The van der Waals surface area contributed by atoms with Crippen molar-refractivity contribution in [3.05, 3.63) is 11.4 Å². The summed E-state index contributed by atoms with van der Waals surface area (Å²) >= 11 is 0. The second kappa shape index (κ2) is 7.15. The van der Waals surface area contributed by atoms with E-state index in [-0.39, 0.29) is 31.8 Å². The van der Waals surface area contributed by atoms with Crippen LogP contribution in [0.2, 0.25) is 0 Å². The Balaban J connectivity index is 3.05. The third kappa shape index (κ3) is 3.27. The number of carbonyl (C=O) groups is 1. The summed E-state index contributed by atoms with van der Waals surface area (Å²) in [5, 5.41) is 21.5. The second-order valence-corrected chi connectivity index (χ2v) is 4.27. The van der Waals surface area contributed by atoms with Crippen molar-refractivity contribution < 1.29 is 4.79 Å². The highest BCUT2D eigenvalue weighted by Crippen LogP contribution is 2.18. The van der Waals surface area contributed by atoms with Gasteiger partial charge in [0.1, 0.15) is 5.69 Å². The number of hydrogen-bond acceptors (Lipinski definition) is 5. The maximum atomic E-state index is 12.5. The molecule has 7 nitrogen and oxygen atoms in total. The predicted octanol–water partition coefficient (Wildman–Crippen LogP) is 1.06. The molecule has 0 spiro atoms. The van der Waals surface area contributed by atoms with Crippen LogP contribution in [0.1, 0.15) is 35.9 Å². The molecule has 106 valence electrons. The van der Waals surface area contributed by atoms with Crippen molar-refractivity contribution >= 4 is 11.6 Å². The highest BCUT2D eigenvalue weighted by molar-refractivity contribution is 5.98. The molecule has 0 unspecified atom stereocenters. The Morgan fingerprint density at radius 2 is 1.90 bits per heavy atom. The largest absolute Gasteiger partial charge is 0.395 e. The van der Waals surface area contributed by atoms with Crippen molar-refractivity contribution in [3.63, 3.8) is 0 Å². The fourth-order valence-corrected chi connectivity index (χ4v) is 1.88. The molecule has 0 saturated heterocycles. The number of aromatic nitrogens is 2. The van der Waals surface area contributed by atoms with Gasteiger partial charge in [-0.2, -0.15) is 15.6 Å². The zero-order chi connectivity index (χ0) is 15.1. The normalized spacial score (nSPS) is 9.80. The lowest BCUT2D eigenvalue weighted by atomic mass is 10.2. The summed E-state index contributed by atoms with van der Waals surface area (Å²) in [5.74, 6) is -0.282. The molecule has 0 aliphatic rings. The van der Waals surface area contributed by atoms with Crippen LogP contribution in [0.4, 0.5) is 5.69 Å². The topological polar surface area (TPSA) is 112 Å². The molecule has 1 heterocycles. The van der Waals surface area contributed by atoms with Crippen LogP contribution in [-0.4, -0.2) is 33.7 Å². The van der Waals surface area contributed by atoms with E-state index in [0.29, 0.717) is 23.6 Å². The monoisotopic (exact) mass is 274 g/mol. The van der Waals surface area contributed by atoms with Gasteiger partial charge in [-0.15, -0.1) is 0 Å². The lowest BCUT2D eigenvalue weighted by Gasteiger charge is -2.21. The van der Waals surface area contributed by atoms with Gasteiger partial charge in [0.2, 0.25) is 0 Å². The molecule has 7 heteroatoms. The molecule has 20 heavy (non-hydrogen) atoms. The van der Waals surface area contributed by atoms with Crippen molar-refractivity contribution in [2.24, 2.45) is 0 Å². The molecule has 0 saturated carbocycles. The van der Waals surface area contributed by atoms with E-state index in [4.69, 9.17) is 16.3 Å². The van der Waals surface area contributed by atoms with E-state index in [1.807, 2.05) is 19.1 Å². The molecule has 0 aromatic carbocycles. The standard InChI is InChI=1S/C13H18N6O/c1-3-19-12(11(16)10(2)17-19)13(20)18(8-4-6-14)9-5-7-15/h3-5,8-9,16H2,1-2H3. The van der Waals surface area contributed by atoms with E-state index >= 15 is 0 Å². The summed E-state index contributed by atoms with van der Waals surface area (Å²) in [4.78, 5) is 14.0. The summed E-state index contributed by atoms with van der Waals surface area (Å²) in [6.07, 6.45) is 0.437. The van der Waals surface area contributed by atoms with Crippen LogP contribution in [0.15, 0.2) is 0 Å². The fraction of sp³-hybridized carbons (Fsp3) is 0.538. The average molecular weight is 274 g/mol. The van der Waals surface area contributed by atoms with Crippen molar-refractivity contribution in [2.75, 3.05) is 18.8 Å². The summed E-state index contributed by atoms with van der Waals surface area (Å²) in [5.41, 5.74) is 7.21. The molecular formula is C13H18N6O. The molecule has 0 bridgehead atoms. The first kappa shape index (κ1) is 15.5. The molecule has 0 fully saturated rings. The lowest BCUT2D eigenvalue weighted by Crippen LogP contribution is -2.34. The molecule has 0 aliphatic carbocycles. The first-order valence-electron chi connectivity index (χ1n) is 6.42. The van der Waals surface area contributed by atoms with Gasteiger partial charge in [-0.05, 0) is 13.8 Å². The van der Waals surface area contributed by atoms with E-state index in [2.05, 4.69) is 5.10 Å². The molecule has 0 radical (unpaired) electrons. The molecule has 1 aromatic heterocycles. The number of nitriles is 2. The van der Waals surface area contributed by atoms with Gasteiger partial charge in [0.05, 0.1) is 36.4 Å². The lowest BCUT2D eigenvalue weighted by molar-refractivity contribution is 0.0751. The molecule has 1 rings (SSSR count). The summed E-state index contributed by atoms with van der Waals surface area (Å²) in [6, 6.07) is 4.00. The van der Waals surface area contributed by atoms with Gasteiger partial charge in [-0.3, -0.25) is 9.48 Å². The molecule has 1 aromatic rings. The van der Waals surface area contributed by atoms with E-state index in [1.54, 1.807) is 11.6 Å². The van der Waals surface area contributed by atoms with Crippen LogP contribution in [0, 0.1) is 29.6 Å². The first-order chi connectivity index (χ1) is 9.56. The molecule has 1 amide bonds. The quantitative estimate of drug-likeness (QED) is 0.833. The van der Waals surface area contributed by atoms with E-state index < -0.39 is 0 Å². The Bertz CT molecular complexity index is 545. The van der Waals surface area contributed by atoms with Crippen LogP contribution in [0.25, 0.3) is 0 Å². The minimum atomic E-state index is -0.282. The number of aryl methyl sites for hydroxylation is 2. The Labute approximate surface area is 118 Å². The van der Waals surface area contributed by atoms with Gasteiger partial charge in [0.15, 0.2) is 0 Å². The van der Waals surface area contributed by atoms with Crippen LogP contribution in [0.5, 0.6) is 0 Å². The third-order valence-electron chi connectivity index (χ3n) is 2.95. The van der Waals surface area contributed by atoms with Gasteiger partial charge in [-0.1, -0.05) is 0 Å². The second-order valence-electron chi connectivity index (χ2n) is 4.27. The number of amides is 1. The van der Waals surface area contributed by atoms with E-state index in [9.17, 15) is 4.79 Å². The zero-order valence-corrected chi connectivity index (χ0v) is 11.8. The summed E-state index contributed by atoms with van der Waals surface area (Å²) in [7, 11) is 0. The number of rotatable bonds is 6. The van der Waals surface area contributed by atoms with Crippen LogP contribution in [0.3, 0.4) is 0 Å². The van der Waals surface area contributed by atoms with Gasteiger partial charge < -0.3 is 10.6 Å². The van der Waals surface area contributed by atoms with Crippen LogP contribution < -0.4 is 5.73 Å². The SMILES string of the molecule is CCn1nc(C)c(N)c1C(=O)N(CCC#N)CCC#N. The number of carbonyl (C=O) groups excluding carboxylic acids is 1. The van der Waals surface area contributed by atoms with Crippen LogP contribution >= 0.6 is 0 Å². The van der Waals surface area contributed by atoms with Gasteiger partial charge in [-0.25, -0.2) is 0 Å². The molecule has 2 N–H and O–H groups in total. The number of nitrogens with zero attached hydrogens (tertiary/aromatic N) is 5. The highest BCUT2D eigenvalue weighted by atomic mass is 16.2. The zero-order valence-electron chi connectivity index (χ0n) is 11.8. The maximum Gasteiger partial charge on any atom is 0.274 e. The molecule has 0 aliphatic heterocycles. The van der Waals surface area contributed by atoms with Crippen molar-refractivity contribution in [2.45, 2.75) is 33.2 Å². The molecule has 0 atom stereocenters. The fourth-order valence-electron chi connectivity index (χ4n) is 1.88. The summed E-state index contributed by atoms with van der Waals surface area (Å²) < 4.78 is 1.55. The number of anilines is 1. The third-order valence-corrected chi connectivity index (χ3v) is 2.95. The average Bonchev–Trinajstić information content (AvgIpc) is 2.73. The van der Waals surface area contributed by atoms with Gasteiger partial charge >= 0.3 is 0 Å². The number of hydrogen-bond donors (Lipinski definition) is 1. The number of nitrogen functional groups attached to an aromatic ring is 1. The van der Waals surface area contributed by atoms with Crippen LogP contribution in [-0.2, 0) is 6.54 Å². The maximum absolute atomic E-state index is 12.5. The van der Waals surface area contributed by atoms with Crippen molar-refractivity contribution in [1.82, 2.24) is 14.7 Å². The van der Waals surface area contributed by atoms with Crippen molar-refractivity contribution in [3.8, 4) is 12.1 Å². The minimum absolute atomic E-state index is 0.219. The Kier molecular flexibility index (Phi) is 5.55. The Morgan fingerprint density at radius 3 is 2.35 bits per heavy atom. The van der Waals surface area contributed by atoms with E-state index in [1.165, 1.54) is 4.90 Å². The number of nitrogens with two attached hydrogens (primary N) is 1. The Morgan fingerprint density at radius 1 is 1.35 bits per heavy atom. The van der Waals surface area contributed by atoms with Gasteiger partial charge in [0.25, 0.3) is 5.91 Å². The Hall–Kier alpha value is -2.54. The highest BCUT2D eigenvalue weighted by Gasteiger charge is 2.23. The smallest absolute Gasteiger partial charge is 0.274 e. The molecular weight excluding hydrogens is 256 g/mol. The minimum Gasteiger partial charge on any atom is -0.395 e. The predicted molar refractivity (Wildman–Crippen MR) is 73.4 cm³/mol. The van der Waals surface area contributed by atoms with E-state index in [0.717, 1.165) is 0 Å². The van der Waals surface area contributed by atoms with Gasteiger partial charge in [0, 0.05) is 19.6 Å². The van der Waals surface area contributed by atoms with Crippen molar-refractivity contribution in [1.29, 1.82) is 10.5 Å². The summed E-state index contributed by atoms with van der Waals surface area (Å²) in [6.45, 7) is 4.71. The first-order valence-corrected chi connectivity index (χ1v) is 6.42.